The van der Waals surface area contributed by atoms with Crippen molar-refractivity contribution in [2.75, 3.05) is 0 Å². The molecule has 0 unspecified atom stereocenters. The lowest BCUT2D eigenvalue weighted by molar-refractivity contribution is -0.141. The summed E-state index contributed by atoms with van der Waals surface area (Å²) in [7, 11) is 0. The molecule has 1 aromatic heterocycles. The number of hydrogen-bond donors (Lipinski definition) is 1. The van der Waals surface area contributed by atoms with E-state index in [0.717, 1.165) is 6.07 Å². The molecule has 0 spiro atoms. The van der Waals surface area contributed by atoms with E-state index in [9.17, 15) is 13.2 Å². The maximum Gasteiger partial charge on any atom is 0.432 e. The van der Waals surface area contributed by atoms with Gasteiger partial charge in [0.05, 0.1) is 5.69 Å². The first-order chi connectivity index (χ1) is 7.86. The third-order valence-electron chi connectivity index (χ3n) is 2.04. The highest BCUT2D eigenvalue weighted by Crippen LogP contribution is 2.32. The van der Waals surface area contributed by atoms with Crippen molar-refractivity contribution in [3.05, 3.63) is 40.0 Å². The van der Waals surface area contributed by atoms with Crippen LogP contribution < -0.4 is 0 Å². The summed E-state index contributed by atoms with van der Waals surface area (Å²) in [5.41, 5.74) is -0.348. The summed E-state index contributed by atoms with van der Waals surface area (Å²) < 4.78 is 37.1. The minimum atomic E-state index is -4.45. The molecule has 1 N–H and O–H groups in total. The minimum Gasteiger partial charge on any atom is -0.273 e. The van der Waals surface area contributed by atoms with Gasteiger partial charge in [-0.15, -0.1) is 0 Å². The van der Waals surface area contributed by atoms with Gasteiger partial charge in [-0.1, -0.05) is 23.2 Å². The van der Waals surface area contributed by atoms with Gasteiger partial charge < -0.3 is 0 Å². The first kappa shape index (κ1) is 12.3. The average molecular weight is 281 g/mol. The van der Waals surface area contributed by atoms with Crippen LogP contribution in [0.4, 0.5) is 13.2 Å². The highest BCUT2D eigenvalue weighted by molar-refractivity contribution is 6.35. The third kappa shape index (κ3) is 2.73. The van der Waals surface area contributed by atoms with Crippen LogP contribution in [0.1, 0.15) is 5.69 Å². The van der Waals surface area contributed by atoms with Crippen molar-refractivity contribution in [2.24, 2.45) is 0 Å². The number of halogens is 5. The van der Waals surface area contributed by atoms with Gasteiger partial charge in [-0.2, -0.15) is 18.3 Å². The predicted molar refractivity (Wildman–Crippen MR) is 59.0 cm³/mol. The van der Waals surface area contributed by atoms with E-state index in [4.69, 9.17) is 23.2 Å². The Morgan fingerprint density at radius 1 is 1.00 bits per heavy atom. The Balaban J connectivity index is 2.44. The topological polar surface area (TPSA) is 28.7 Å². The quantitative estimate of drug-likeness (QED) is 0.824. The third-order valence-corrected chi connectivity index (χ3v) is 2.48. The number of hydrogen-bond acceptors (Lipinski definition) is 1. The van der Waals surface area contributed by atoms with Crippen LogP contribution >= 0.6 is 23.2 Å². The predicted octanol–water partition coefficient (Wildman–Crippen LogP) is 4.40. The fourth-order valence-electron chi connectivity index (χ4n) is 1.32. The van der Waals surface area contributed by atoms with Crippen LogP contribution in [0.2, 0.25) is 10.0 Å². The standard InChI is InChI=1S/C10H5Cl2F3N2/c11-6-1-5(2-7(12)3-6)8-4-9(17-16-8)10(13,14)15/h1-4H,(H,16,17). The van der Waals surface area contributed by atoms with Gasteiger partial charge in [0.25, 0.3) is 0 Å². The summed E-state index contributed by atoms with van der Waals surface area (Å²) in [6.07, 6.45) is -4.45. The average Bonchev–Trinajstić information content (AvgIpc) is 2.63. The van der Waals surface area contributed by atoms with E-state index in [-0.39, 0.29) is 5.69 Å². The Kier molecular flexibility index (Phi) is 3.05. The molecule has 0 aliphatic rings. The smallest absolute Gasteiger partial charge is 0.273 e. The molecule has 0 atom stereocenters. The summed E-state index contributed by atoms with van der Waals surface area (Å²) >= 11 is 11.5. The fraction of sp³-hybridized carbons (Fsp3) is 0.100. The normalized spacial score (nSPS) is 11.8. The van der Waals surface area contributed by atoms with E-state index in [2.05, 4.69) is 5.10 Å². The highest BCUT2D eigenvalue weighted by Gasteiger charge is 2.33. The van der Waals surface area contributed by atoms with Crippen molar-refractivity contribution in [3.8, 4) is 11.3 Å². The molecule has 0 saturated carbocycles. The van der Waals surface area contributed by atoms with Gasteiger partial charge in [0, 0.05) is 15.6 Å². The van der Waals surface area contributed by atoms with Crippen molar-refractivity contribution in [3.63, 3.8) is 0 Å². The molecule has 2 nitrogen and oxygen atoms in total. The Bertz CT molecular complexity index is 528. The van der Waals surface area contributed by atoms with Crippen LogP contribution in [0.25, 0.3) is 11.3 Å². The molecule has 7 heteroatoms. The van der Waals surface area contributed by atoms with Crippen LogP contribution in [0, 0.1) is 0 Å². The SMILES string of the molecule is FC(F)(F)c1cc(-c2cc(Cl)cc(Cl)c2)n[nH]1. The molecular formula is C10H5Cl2F3N2. The molecule has 0 radical (unpaired) electrons. The van der Waals surface area contributed by atoms with Gasteiger partial charge >= 0.3 is 6.18 Å². The second-order valence-electron chi connectivity index (χ2n) is 3.32. The second kappa shape index (κ2) is 4.23. The maximum atomic E-state index is 12.4. The van der Waals surface area contributed by atoms with E-state index >= 15 is 0 Å². The number of alkyl halides is 3. The van der Waals surface area contributed by atoms with Gasteiger partial charge in [0.15, 0.2) is 0 Å². The number of aromatic nitrogens is 2. The summed E-state index contributed by atoms with van der Waals surface area (Å²) in [6.45, 7) is 0. The van der Waals surface area contributed by atoms with E-state index in [1.54, 1.807) is 0 Å². The zero-order valence-electron chi connectivity index (χ0n) is 8.15. The molecule has 0 aliphatic heterocycles. The van der Waals surface area contributed by atoms with E-state index in [1.165, 1.54) is 18.2 Å². The summed E-state index contributed by atoms with van der Waals surface area (Å²) in [6, 6.07) is 5.37. The van der Waals surface area contributed by atoms with Crippen molar-refractivity contribution in [1.82, 2.24) is 10.2 Å². The van der Waals surface area contributed by atoms with Crippen molar-refractivity contribution >= 4 is 23.2 Å². The lowest BCUT2D eigenvalue weighted by atomic mass is 10.1. The minimum absolute atomic E-state index is 0.140. The number of nitrogens with one attached hydrogen (secondary N) is 1. The first-order valence-corrected chi connectivity index (χ1v) is 5.21. The van der Waals surface area contributed by atoms with Gasteiger partial charge in [-0.25, -0.2) is 0 Å². The molecular weight excluding hydrogens is 276 g/mol. The zero-order valence-corrected chi connectivity index (χ0v) is 9.66. The molecule has 0 bridgehead atoms. The molecule has 0 fully saturated rings. The maximum absolute atomic E-state index is 12.4. The van der Waals surface area contributed by atoms with E-state index in [1.807, 2.05) is 5.10 Å². The van der Waals surface area contributed by atoms with Crippen LogP contribution in [0.15, 0.2) is 24.3 Å². The Morgan fingerprint density at radius 3 is 2.06 bits per heavy atom. The highest BCUT2D eigenvalue weighted by atomic mass is 35.5. The monoisotopic (exact) mass is 280 g/mol. The second-order valence-corrected chi connectivity index (χ2v) is 4.20. The fourth-order valence-corrected chi connectivity index (χ4v) is 1.84. The molecule has 2 aromatic rings. The molecule has 0 saturated heterocycles. The summed E-state index contributed by atoms with van der Waals surface area (Å²) in [5, 5.41) is 6.17. The number of aromatic amines is 1. The Morgan fingerprint density at radius 2 is 1.59 bits per heavy atom. The molecule has 0 aliphatic carbocycles. The van der Waals surface area contributed by atoms with Gasteiger partial charge in [0.2, 0.25) is 0 Å². The van der Waals surface area contributed by atoms with Gasteiger partial charge in [-0.3, -0.25) is 5.10 Å². The molecule has 1 aromatic carbocycles. The number of H-pyrrole nitrogens is 1. The summed E-state index contributed by atoms with van der Waals surface area (Å²) in [4.78, 5) is 0. The molecule has 17 heavy (non-hydrogen) atoms. The van der Waals surface area contributed by atoms with Crippen molar-refractivity contribution in [1.29, 1.82) is 0 Å². The van der Waals surface area contributed by atoms with E-state index in [0.29, 0.717) is 15.6 Å². The van der Waals surface area contributed by atoms with Crippen LogP contribution in [0.5, 0.6) is 0 Å². The van der Waals surface area contributed by atoms with E-state index < -0.39 is 11.9 Å². The van der Waals surface area contributed by atoms with Crippen molar-refractivity contribution < 1.29 is 13.2 Å². The number of benzene rings is 1. The van der Waals surface area contributed by atoms with Crippen LogP contribution in [-0.2, 0) is 6.18 Å². The van der Waals surface area contributed by atoms with Crippen LogP contribution in [0.3, 0.4) is 0 Å². The number of nitrogens with zero attached hydrogens (tertiary/aromatic N) is 1. The lowest BCUT2D eigenvalue weighted by Crippen LogP contribution is -2.04. The number of rotatable bonds is 1. The van der Waals surface area contributed by atoms with Crippen molar-refractivity contribution in [2.45, 2.75) is 6.18 Å². The summed E-state index contributed by atoms with van der Waals surface area (Å²) in [5.74, 6) is 0. The first-order valence-electron chi connectivity index (χ1n) is 4.45. The Hall–Kier alpha value is -1.20. The molecule has 0 amide bonds. The molecule has 2 rings (SSSR count). The Labute approximate surface area is 104 Å². The zero-order chi connectivity index (χ0) is 12.6. The molecule has 90 valence electrons. The lowest BCUT2D eigenvalue weighted by Gasteiger charge is -2.00. The van der Waals surface area contributed by atoms with Crippen LogP contribution in [-0.4, -0.2) is 10.2 Å². The van der Waals surface area contributed by atoms with Gasteiger partial charge in [-0.05, 0) is 24.3 Å². The molecule has 1 heterocycles. The largest absolute Gasteiger partial charge is 0.432 e. The van der Waals surface area contributed by atoms with Gasteiger partial charge in [0.1, 0.15) is 5.69 Å².